The molecule has 0 aliphatic heterocycles. The first-order valence-electron chi connectivity index (χ1n) is 1.47. The molecule has 0 bridgehead atoms. The summed E-state index contributed by atoms with van der Waals surface area (Å²) >= 11 is 1.69. The van der Waals surface area contributed by atoms with Crippen LogP contribution >= 0.6 is 11.8 Å². The van der Waals surface area contributed by atoms with Crippen molar-refractivity contribution >= 4 is 19.6 Å². The van der Waals surface area contributed by atoms with Gasteiger partial charge in [-0.1, -0.05) is 11.4 Å². The summed E-state index contributed by atoms with van der Waals surface area (Å²) in [5.74, 6) is 0. The Morgan fingerprint density at radius 1 is 2.00 bits per heavy atom. The summed E-state index contributed by atoms with van der Waals surface area (Å²) in [6.07, 6.45) is 2.02. The SMILES string of the molecule is BC(=C)SC. The zero-order chi connectivity index (χ0) is 4.28. The first-order chi connectivity index (χ1) is 2.27. The van der Waals surface area contributed by atoms with Crippen LogP contribution in [0.3, 0.4) is 0 Å². The minimum Gasteiger partial charge on any atom is -0.145 e. The van der Waals surface area contributed by atoms with E-state index in [2.05, 4.69) is 6.58 Å². The molecule has 0 saturated heterocycles. The van der Waals surface area contributed by atoms with Crippen molar-refractivity contribution in [1.82, 2.24) is 0 Å². The van der Waals surface area contributed by atoms with Gasteiger partial charge in [-0.2, -0.15) is 0 Å². The summed E-state index contributed by atoms with van der Waals surface area (Å²) in [4.78, 5) is 1.17. The molecule has 0 aliphatic carbocycles. The number of hydrogen-bond donors (Lipinski definition) is 0. The van der Waals surface area contributed by atoms with E-state index in [0.717, 1.165) is 0 Å². The molecule has 0 spiro atoms. The number of rotatable bonds is 1. The van der Waals surface area contributed by atoms with Crippen molar-refractivity contribution in [3.8, 4) is 0 Å². The lowest BCUT2D eigenvalue weighted by atomic mass is 10.2. The molecule has 0 aromatic heterocycles. The van der Waals surface area contributed by atoms with Gasteiger partial charge in [0.25, 0.3) is 0 Å². The van der Waals surface area contributed by atoms with Gasteiger partial charge in [-0.05, 0) is 6.26 Å². The van der Waals surface area contributed by atoms with E-state index >= 15 is 0 Å². The Balaban J connectivity index is 2.85. The van der Waals surface area contributed by atoms with E-state index in [0.29, 0.717) is 0 Å². The van der Waals surface area contributed by atoms with Gasteiger partial charge in [-0.3, -0.25) is 0 Å². The number of hydrogen-bond acceptors (Lipinski definition) is 1. The predicted molar refractivity (Wildman–Crippen MR) is 31.2 cm³/mol. The van der Waals surface area contributed by atoms with Crippen molar-refractivity contribution in [3.63, 3.8) is 0 Å². The third-order valence-electron chi connectivity index (χ3n) is 0.348. The van der Waals surface area contributed by atoms with E-state index in [1.165, 1.54) is 4.80 Å². The molecule has 0 fully saturated rings. The van der Waals surface area contributed by atoms with Crippen LogP contribution in [0.25, 0.3) is 0 Å². The summed E-state index contributed by atoms with van der Waals surface area (Å²) in [5, 5.41) is 0. The normalized spacial score (nSPS) is 7.40. The zero-order valence-electron chi connectivity index (χ0n) is 3.62. The number of thioether (sulfide) groups is 1. The largest absolute Gasteiger partial charge is 0.146 e. The monoisotopic (exact) mass is 86.0 g/mol. The maximum Gasteiger partial charge on any atom is 0.146 e. The fraction of sp³-hybridized carbons (Fsp3) is 0.333. The molecule has 0 aromatic rings. The summed E-state index contributed by atoms with van der Waals surface area (Å²) in [6, 6.07) is 0. The molecule has 0 aliphatic rings. The minimum atomic E-state index is 1.17. The summed E-state index contributed by atoms with van der Waals surface area (Å²) in [7, 11) is 1.99. The van der Waals surface area contributed by atoms with Crippen LogP contribution in [-0.4, -0.2) is 14.1 Å². The van der Waals surface area contributed by atoms with Crippen molar-refractivity contribution in [2.45, 2.75) is 0 Å². The highest BCUT2D eigenvalue weighted by Gasteiger charge is 1.68. The Bertz CT molecular complexity index is 42.2. The highest BCUT2D eigenvalue weighted by Crippen LogP contribution is 1.99. The Labute approximate surface area is 38.1 Å². The molecular formula is C3H7BS. The van der Waals surface area contributed by atoms with Crippen molar-refractivity contribution in [1.29, 1.82) is 0 Å². The van der Waals surface area contributed by atoms with Crippen molar-refractivity contribution in [3.05, 3.63) is 11.4 Å². The third kappa shape index (κ3) is 4.15. The summed E-state index contributed by atoms with van der Waals surface area (Å²) in [6.45, 7) is 3.64. The second kappa shape index (κ2) is 2.40. The molecule has 2 heteroatoms. The lowest BCUT2D eigenvalue weighted by Gasteiger charge is -1.79. The van der Waals surface area contributed by atoms with Crippen molar-refractivity contribution in [2.75, 3.05) is 6.26 Å². The van der Waals surface area contributed by atoms with Gasteiger partial charge in [0.2, 0.25) is 0 Å². The van der Waals surface area contributed by atoms with Crippen LogP contribution in [0.15, 0.2) is 11.4 Å². The van der Waals surface area contributed by atoms with Crippen molar-refractivity contribution < 1.29 is 0 Å². The van der Waals surface area contributed by atoms with Crippen LogP contribution in [-0.2, 0) is 0 Å². The van der Waals surface area contributed by atoms with Gasteiger partial charge in [0.1, 0.15) is 7.85 Å². The lowest BCUT2D eigenvalue weighted by Crippen LogP contribution is -1.60. The Morgan fingerprint density at radius 3 is 2.20 bits per heavy atom. The van der Waals surface area contributed by atoms with E-state index in [-0.39, 0.29) is 0 Å². The van der Waals surface area contributed by atoms with Crippen LogP contribution in [0.2, 0.25) is 0 Å². The highest BCUT2D eigenvalue weighted by molar-refractivity contribution is 8.03. The van der Waals surface area contributed by atoms with Crippen LogP contribution in [0.5, 0.6) is 0 Å². The molecule has 0 unspecified atom stereocenters. The van der Waals surface area contributed by atoms with Gasteiger partial charge in [0.05, 0.1) is 0 Å². The standard InChI is InChI=1S/C3H7BS/c1-3(4)5-2/h1,4H2,2H3. The van der Waals surface area contributed by atoms with E-state index in [4.69, 9.17) is 0 Å². The van der Waals surface area contributed by atoms with E-state index < -0.39 is 0 Å². The van der Waals surface area contributed by atoms with E-state index in [1.54, 1.807) is 11.8 Å². The quantitative estimate of drug-likeness (QED) is 0.417. The van der Waals surface area contributed by atoms with E-state index in [1.807, 2.05) is 14.1 Å². The van der Waals surface area contributed by atoms with Gasteiger partial charge in [0, 0.05) is 0 Å². The predicted octanol–water partition coefficient (Wildman–Crippen LogP) is 0.454. The van der Waals surface area contributed by atoms with Gasteiger partial charge < -0.3 is 0 Å². The fourth-order valence-corrected chi connectivity index (χ4v) is 0. The third-order valence-corrected chi connectivity index (χ3v) is 1.05. The zero-order valence-corrected chi connectivity index (χ0v) is 4.43. The van der Waals surface area contributed by atoms with Crippen LogP contribution in [0.1, 0.15) is 0 Å². The van der Waals surface area contributed by atoms with Gasteiger partial charge in [-0.25, -0.2) is 0 Å². The minimum absolute atomic E-state index is 1.17. The maximum atomic E-state index is 3.64. The molecule has 28 valence electrons. The first kappa shape index (κ1) is 5.15. The molecule has 0 N–H and O–H groups in total. The van der Waals surface area contributed by atoms with Crippen LogP contribution in [0, 0.1) is 0 Å². The van der Waals surface area contributed by atoms with E-state index in [9.17, 15) is 0 Å². The second-order valence-electron chi connectivity index (χ2n) is 0.906. The molecular weight excluding hydrogens is 78.9 g/mol. The summed E-state index contributed by atoms with van der Waals surface area (Å²) in [5.41, 5.74) is 0. The van der Waals surface area contributed by atoms with Crippen LogP contribution < -0.4 is 0 Å². The first-order valence-corrected chi connectivity index (χ1v) is 2.69. The molecule has 0 radical (unpaired) electrons. The summed E-state index contributed by atoms with van der Waals surface area (Å²) < 4.78 is 0. The van der Waals surface area contributed by atoms with Gasteiger partial charge in [-0.15, -0.1) is 11.8 Å². The maximum absolute atomic E-state index is 3.64. The molecule has 0 rings (SSSR count). The topological polar surface area (TPSA) is 0 Å². The molecule has 0 heterocycles. The average Bonchev–Trinajstić information content (AvgIpc) is 1.38. The molecule has 0 atom stereocenters. The highest BCUT2D eigenvalue weighted by atomic mass is 32.2. The Morgan fingerprint density at radius 2 is 2.20 bits per heavy atom. The Kier molecular flexibility index (Phi) is 2.47. The Hall–Kier alpha value is 0.155. The molecule has 0 saturated carbocycles. The smallest absolute Gasteiger partial charge is 0.145 e. The van der Waals surface area contributed by atoms with Crippen molar-refractivity contribution in [2.24, 2.45) is 0 Å². The van der Waals surface area contributed by atoms with Gasteiger partial charge >= 0.3 is 0 Å². The second-order valence-corrected chi connectivity index (χ2v) is 2.01. The van der Waals surface area contributed by atoms with Crippen LogP contribution in [0.4, 0.5) is 0 Å². The average molecular weight is 86.0 g/mol. The fourth-order valence-electron chi connectivity index (χ4n) is 0. The molecule has 0 nitrogen and oxygen atoms in total. The molecule has 0 amide bonds. The molecule has 0 aromatic carbocycles. The molecule has 5 heavy (non-hydrogen) atoms. The lowest BCUT2D eigenvalue weighted by molar-refractivity contribution is 2.38. The van der Waals surface area contributed by atoms with Gasteiger partial charge in [0.15, 0.2) is 0 Å².